The standard InChI is InChI=1S/C18H26N2O3/c1-20(13-15-8-5-9-15)18(23)19-16(10-11-17(21)22)12-14-6-3-2-4-7-14/h2-4,6-7,15-16H,5,8-13H2,1H3,(H,19,23)(H,21,22). The van der Waals surface area contributed by atoms with E-state index < -0.39 is 5.97 Å². The number of amides is 2. The molecule has 1 aromatic carbocycles. The Bertz CT molecular complexity index is 514. The van der Waals surface area contributed by atoms with Crippen LogP contribution in [0.15, 0.2) is 30.3 Å². The van der Waals surface area contributed by atoms with Crippen molar-refractivity contribution in [3.05, 3.63) is 35.9 Å². The van der Waals surface area contributed by atoms with E-state index in [1.165, 1.54) is 19.3 Å². The van der Waals surface area contributed by atoms with Crippen LogP contribution in [0.25, 0.3) is 0 Å². The molecule has 1 aliphatic rings. The van der Waals surface area contributed by atoms with Gasteiger partial charge in [-0.2, -0.15) is 0 Å². The van der Waals surface area contributed by atoms with Crippen molar-refractivity contribution in [1.29, 1.82) is 0 Å². The molecule has 2 rings (SSSR count). The monoisotopic (exact) mass is 318 g/mol. The zero-order valence-electron chi connectivity index (χ0n) is 13.7. The third kappa shape index (κ3) is 5.93. The molecule has 0 aliphatic heterocycles. The number of carbonyl (C=O) groups is 2. The van der Waals surface area contributed by atoms with E-state index in [0.717, 1.165) is 12.1 Å². The predicted octanol–water partition coefficient (Wildman–Crippen LogP) is 2.90. The molecular weight excluding hydrogens is 292 g/mol. The second-order valence-corrected chi connectivity index (χ2v) is 6.45. The van der Waals surface area contributed by atoms with Gasteiger partial charge in [0.2, 0.25) is 0 Å². The SMILES string of the molecule is CN(CC1CCC1)C(=O)NC(CCC(=O)O)Cc1ccccc1. The van der Waals surface area contributed by atoms with E-state index in [4.69, 9.17) is 5.11 Å². The minimum atomic E-state index is -0.833. The highest BCUT2D eigenvalue weighted by Gasteiger charge is 2.23. The Kier molecular flexibility index (Phi) is 6.44. The molecule has 5 nitrogen and oxygen atoms in total. The van der Waals surface area contributed by atoms with Gasteiger partial charge >= 0.3 is 12.0 Å². The molecule has 5 heteroatoms. The Hall–Kier alpha value is -2.04. The van der Waals surface area contributed by atoms with Crippen LogP contribution < -0.4 is 5.32 Å². The Morgan fingerprint density at radius 1 is 1.30 bits per heavy atom. The Balaban J connectivity index is 1.89. The first-order valence-electron chi connectivity index (χ1n) is 8.32. The maximum atomic E-state index is 12.3. The van der Waals surface area contributed by atoms with E-state index in [9.17, 15) is 9.59 Å². The molecule has 23 heavy (non-hydrogen) atoms. The first-order chi connectivity index (χ1) is 11.0. The first kappa shape index (κ1) is 17.3. The van der Waals surface area contributed by atoms with Crippen LogP contribution in [0.3, 0.4) is 0 Å². The summed E-state index contributed by atoms with van der Waals surface area (Å²) in [7, 11) is 1.81. The van der Waals surface area contributed by atoms with E-state index in [2.05, 4.69) is 5.32 Å². The van der Waals surface area contributed by atoms with Crippen molar-refractivity contribution in [2.75, 3.05) is 13.6 Å². The molecule has 1 unspecified atom stereocenters. The van der Waals surface area contributed by atoms with E-state index in [1.54, 1.807) is 4.90 Å². The van der Waals surface area contributed by atoms with Crippen molar-refractivity contribution in [3.63, 3.8) is 0 Å². The van der Waals surface area contributed by atoms with Crippen LogP contribution in [0.2, 0.25) is 0 Å². The molecule has 0 bridgehead atoms. The third-order valence-electron chi connectivity index (χ3n) is 4.46. The zero-order valence-corrected chi connectivity index (χ0v) is 13.7. The van der Waals surface area contributed by atoms with Gasteiger partial charge < -0.3 is 15.3 Å². The lowest BCUT2D eigenvalue weighted by Gasteiger charge is -2.31. The minimum absolute atomic E-state index is 0.0596. The summed E-state index contributed by atoms with van der Waals surface area (Å²) >= 11 is 0. The van der Waals surface area contributed by atoms with Crippen LogP contribution >= 0.6 is 0 Å². The lowest BCUT2D eigenvalue weighted by molar-refractivity contribution is -0.137. The van der Waals surface area contributed by atoms with Crippen molar-refractivity contribution in [1.82, 2.24) is 10.2 Å². The van der Waals surface area contributed by atoms with Gasteiger partial charge in [0.05, 0.1) is 0 Å². The van der Waals surface area contributed by atoms with Crippen molar-refractivity contribution in [2.24, 2.45) is 5.92 Å². The Morgan fingerprint density at radius 3 is 2.57 bits per heavy atom. The number of rotatable bonds is 8. The normalized spacial score (nSPS) is 15.5. The van der Waals surface area contributed by atoms with E-state index >= 15 is 0 Å². The summed E-state index contributed by atoms with van der Waals surface area (Å²) in [6.45, 7) is 0.781. The molecule has 2 amide bonds. The van der Waals surface area contributed by atoms with Crippen LogP contribution in [0, 0.1) is 5.92 Å². The van der Waals surface area contributed by atoms with Crippen LogP contribution in [0.4, 0.5) is 4.79 Å². The van der Waals surface area contributed by atoms with E-state index in [-0.39, 0.29) is 18.5 Å². The van der Waals surface area contributed by atoms with Gasteiger partial charge in [-0.25, -0.2) is 4.79 Å². The first-order valence-corrected chi connectivity index (χ1v) is 8.32. The number of nitrogens with zero attached hydrogens (tertiary/aromatic N) is 1. The average Bonchev–Trinajstić information content (AvgIpc) is 2.49. The summed E-state index contributed by atoms with van der Waals surface area (Å²) < 4.78 is 0. The summed E-state index contributed by atoms with van der Waals surface area (Å²) in [4.78, 5) is 24.9. The number of carbonyl (C=O) groups excluding carboxylic acids is 1. The molecule has 0 spiro atoms. The second-order valence-electron chi connectivity index (χ2n) is 6.45. The van der Waals surface area contributed by atoms with Gasteiger partial charge in [-0.1, -0.05) is 36.8 Å². The molecular formula is C18H26N2O3. The highest BCUT2D eigenvalue weighted by molar-refractivity contribution is 5.74. The number of carboxylic acid groups (broad SMARTS) is 1. The van der Waals surface area contributed by atoms with Crippen molar-refractivity contribution in [2.45, 2.75) is 44.6 Å². The minimum Gasteiger partial charge on any atom is -0.481 e. The molecule has 1 saturated carbocycles. The summed E-state index contributed by atoms with van der Waals surface area (Å²) in [6, 6.07) is 9.58. The van der Waals surface area contributed by atoms with Crippen LogP contribution in [-0.2, 0) is 11.2 Å². The number of urea groups is 1. The van der Waals surface area contributed by atoms with Crippen LogP contribution in [-0.4, -0.2) is 41.6 Å². The summed E-state index contributed by atoms with van der Waals surface area (Å²) in [5.74, 6) is -0.211. The smallest absolute Gasteiger partial charge is 0.317 e. The molecule has 1 fully saturated rings. The van der Waals surface area contributed by atoms with Crippen LogP contribution in [0.5, 0.6) is 0 Å². The molecule has 0 radical (unpaired) electrons. The Labute approximate surface area is 137 Å². The molecule has 1 aromatic rings. The van der Waals surface area contributed by atoms with Crippen molar-refractivity contribution in [3.8, 4) is 0 Å². The summed E-state index contributed by atoms with van der Waals surface area (Å²) in [6.07, 6.45) is 4.80. The van der Waals surface area contributed by atoms with Gasteiger partial charge in [0.15, 0.2) is 0 Å². The predicted molar refractivity (Wildman–Crippen MR) is 89.3 cm³/mol. The second kappa shape index (κ2) is 8.56. The molecule has 1 atom stereocenters. The fourth-order valence-electron chi connectivity index (χ4n) is 2.85. The summed E-state index contributed by atoms with van der Waals surface area (Å²) in [5.41, 5.74) is 1.10. The molecule has 2 N–H and O–H groups in total. The molecule has 0 saturated heterocycles. The van der Waals surface area contributed by atoms with Gasteiger partial charge in [0.1, 0.15) is 0 Å². The number of carboxylic acids is 1. The highest BCUT2D eigenvalue weighted by atomic mass is 16.4. The van der Waals surface area contributed by atoms with Gasteiger partial charge in [0, 0.05) is 26.1 Å². The van der Waals surface area contributed by atoms with Crippen molar-refractivity contribution >= 4 is 12.0 Å². The molecule has 0 heterocycles. The van der Waals surface area contributed by atoms with Gasteiger partial charge in [-0.15, -0.1) is 0 Å². The van der Waals surface area contributed by atoms with Gasteiger partial charge in [-0.05, 0) is 37.2 Å². The molecule has 1 aliphatic carbocycles. The number of aliphatic carboxylic acids is 1. The zero-order chi connectivity index (χ0) is 16.7. The fourth-order valence-corrected chi connectivity index (χ4v) is 2.85. The molecule has 126 valence electrons. The number of hydrogen-bond acceptors (Lipinski definition) is 2. The number of benzene rings is 1. The lowest BCUT2D eigenvalue weighted by atomic mass is 9.85. The summed E-state index contributed by atoms with van der Waals surface area (Å²) in [5, 5.41) is 11.9. The van der Waals surface area contributed by atoms with E-state index in [0.29, 0.717) is 18.8 Å². The molecule has 0 aromatic heterocycles. The van der Waals surface area contributed by atoms with Crippen LogP contribution in [0.1, 0.15) is 37.7 Å². The number of hydrogen-bond donors (Lipinski definition) is 2. The average molecular weight is 318 g/mol. The Morgan fingerprint density at radius 2 is 2.00 bits per heavy atom. The van der Waals surface area contributed by atoms with Crippen molar-refractivity contribution < 1.29 is 14.7 Å². The largest absolute Gasteiger partial charge is 0.481 e. The third-order valence-corrected chi connectivity index (χ3v) is 4.46. The van der Waals surface area contributed by atoms with E-state index in [1.807, 2.05) is 37.4 Å². The maximum absolute atomic E-state index is 12.3. The quantitative estimate of drug-likeness (QED) is 0.774. The van der Waals surface area contributed by atoms with Gasteiger partial charge in [0.25, 0.3) is 0 Å². The van der Waals surface area contributed by atoms with Gasteiger partial charge in [-0.3, -0.25) is 4.79 Å². The lowest BCUT2D eigenvalue weighted by Crippen LogP contribution is -2.46. The maximum Gasteiger partial charge on any atom is 0.317 e. The fraction of sp³-hybridized carbons (Fsp3) is 0.556. The highest BCUT2D eigenvalue weighted by Crippen LogP contribution is 2.26. The topological polar surface area (TPSA) is 69.6 Å². The number of nitrogens with one attached hydrogen (secondary N) is 1.